The summed E-state index contributed by atoms with van der Waals surface area (Å²) in [5.74, 6) is 3.29. The lowest BCUT2D eigenvalue weighted by Gasteiger charge is -2.18. The summed E-state index contributed by atoms with van der Waals surface area (Å²) in [6.45, 7) is 12.8. The maximum absolute atomic E-state index is 11.4. The summed E-state index contributed by atoms with van der Waals surface area (Å²) < 4.78 is 15.4. The van der Waals surface area contributed by atoms with E-state index in [-0.39, 0.29) is 0 Å². The normalized spacial score (nSPS) is 13.8. The number of aromatic nitrogens is 1. The van der Waals surface area contributed by atoms with Crippen LogP contribution in [0, 0.1) is 11.8 Å². The van der Waals surface area contributed by atoms with Crippen molar-refractivity contribution in [1.82, 2.24) is 4.98 Å². The van der Waals surface area contributed by atoms with E-state index in [0.29, 0.717) is 23.6 Å². The molecule has 1 heterocycles. The number of hydrogen-bond acceptors (Lipinski definition) is 6. The van der Waals surface area contributed by atoms with E-state index in [1.165, 1.54) is 31.9 Å². The molecule has 1 unspecified atom stereocenters. The Morgan fingerprint density at radius 3 is 2.31 bits per heavy atom. The molecule has 1 saturated carbocycles. The number of rotatable bonds is 8. The highest BCUT2D eigenvalue weighted by atomic mass is 16.6. The third-order valence-corrected chi connectivity index (χ3v) is 5.34. The van der Waals surface area contributed by atoms with Crippen molar-refractivity contribution in [2.45, 2.75) is 72.3 Å². The van der Waals surface area contributed by atoms with Gasteiger partial charge in [-0.3, -0.25) is 5.32 Å². The fourth-order valence-electron chi connectivity index (χ4n) is 3.81. The van der Waals surface area contributed by atoms with Gasteiger partial charge in [0.05, 0.1) is 13.7 Å². The standard InChI is InChI=1S/C23H30N2O3.C5H11NO2/c1-15(2)11-16(3)14-28-21-8-7-18(12-20(21)17-5-6-17)19-9-10-24-22(13-19)25-23(26)27-4;1-5(2,3)8-4(6)7/h7-10,12-13,15-17H,5-6,11,14H2,1-4H3,(H,24,25,26);1-3H3,(H2,6,7). The molecule has 198 valence electrons. The lowest BCUT2D eigenvalue weighted by Crippen LogP contribution is -2.27. The number of carbonyl (C=O) groups is 2. The van der Waals surface area contributed by atoms with Crippen molar-refractivity contribution in [2.75, 3.05) is 19.0 Å². The van der Waals surface area contributed by atoms with Crippen LogP contribution in [0.15, 0.2) is 36.5 Å². The highest BCUT2D eigenvalue weighted by molar-refractivity contribution is 5.84. The minimum Gasteiger partial charge on any atom is -0.493 e. The van der Waals surface area contributed by atoms with Gasteiger partial charge in [-0.2, -0.15) is 0 Å². The highest BCUT2D eigenvalue weighted by Crippen LogP contribution is 2.45. The number of benzene rings is 1. The van der Waals surface area contributed by atoms with Crippen molar-refractivity contribution < 1.29 is 23.8 Å². The maximum atomic E-state index is 11.4. The summed E-state index contributed by atoms with van der Waals surface area (Å²) in [5, 5.41) is 2.61. The van der Waals surface area contributed by atoms with E-state index in [9.17, 15) is 9.59 Å². The van der Waals surface area contributed by atoms with Crippen molar-refractivity contribution in [3.8, 4) is 16.9 Å². The molecule has 0 radical (unpaired) electrons. The Kier molecular flexibility index (Phi) is 10.6. The summed E-state index contributed by atoms with van der Waals surface area (Å²) in [7, 11) is 1.34. The highest BCUT2D eigenvalue weighted by Gasteiger charge is 2.27. The SMILES string of the molecule is CC(C)(C)OC(N)=O.COC(=O)Nc1cc(-c2ccc(OCC(C)CC(C)C)c(C3CC3)c2)ccn1. The van der Waals surface area contributed by atoms with Gasteiger partial charge in [0.1, 0.15) is 17.2 Å². The number of nitrogens with zero attached hydrogens (tertiary/aromatic N) is 1. The van der Waals surface area contributed by atoms with Gasteiger partial charge in [0.15, 0.2) is 0 Å². The molecule has 36 heavy (non-hydrogen) atoms. The second-order valence-corrected chi connectivity index (χ2v) is 10.7. The monoisotopic (exact) mass is 499 g/mol. The molecule has 0 aliphatic heterocycles. The average Bonchev–Trinajstić information content (AvgIpc) is 3.61. The summed E-state index contributed by atoms with van der Waals surface area (Å²) >= 11 is 0. The van der Waals surface area contributed by atoms with Crippen LogP contribution < -0.4 is 15.8 Å². The fraction of sp³-hybridized carbons (Fsp3) is 0.536. The molecular formula is C28H41N3O5. The van der Waals surface area contributed by atoms with Crippen molar-refractivity contribution in [2.24, 2.45) is 17.6 Å². The smallest absolute Gasteiger partial charge is 0.412 e. The largest absolute Gasteiger partial charge is 0.493 e. The number of pyridine rings is 1. The number of nitrogens with one attached hydrogen (secondary N) is 1. The number of nitrogens with two attached hydrogens (primary N) is 1. The maximum Gasteiger partial charge on any atom is 0.412 e. The van der Waals surface area contributed by atoms with Crippen LogP contribution in [0.2, 0.25) is 0 Å². The predicted octanol–water partition coefficient (Wildman–Crippen LogP) is 6.75. The zero-order valence-corrected chi connectivity index (χ0v) is 22.6. The topological polar surface area (TPSA) is 113 Å². The Morgan fingerprint density at radius 1 is 1.11 bits per heavy atom. The van der Waals surface area contributed by atoms with Gasteiger partial charge in [-0.1, -0.05) is 26.8 Å². The van der Waals surface area contributed by atoms with E-state index in [4.69, 9.17) is 10.5 Å². The van der Waals surface area contributed by atoms with Crippen LogP contribution >= 0.6 is 0 Å². The van der Waals surface area contributed by atoms with E-state index in [2.05, 4.69) is 58.7 Å². The van der Waals surface area contributed by atoms with E-state index in [1.807, 2.05) is 12.1 Å². The first-order valence-corrected chi connectivity index (χ1v) is 12.4. The molecule has 1 aliphatic carbocycles. The summed E-state index contributed by atoms with van der Waals surface area (Å²) in [6.07, 6.45) is 4.04. The molecule has 3 rings (SSSR count). The minimum atomic E-state index is -0.725. The third-order valence-electron chi connectivity index (χ3n) is 5.34. The minimum absolute atomic E-state index is 0.453. The second kappa shape index (κ2) is 13.1. The first kappa shape index (κ1) is 28.9. The molecule has 8 nitrogen and oxygen atoms in total. The van der Waals surface area contributed by atoms with Gasteiger partial charge in [-0.05, 0) is 98.7 Å². The van der Waals surface area contributed by atoms with E-state index < -0.39 is 17.8 Å². The van der Waals surface area contributed by atoms with Gasteiger partial charge in [0, 0.05) is 6.20 Å². The summed E-state index contributed by atoms with van der Waals surface area (Å²) in [5.41, 5.74) is 7.65. The van der Waals surface area contributed by atoms with Crippen LogP contribution in [0.5, 0.6) is 5.75 Å². The van der Waals surface area contributed by atoms with Gasteiger partial charge in [-0.25, -0.2) is 14.6 Å². The number of primary amides is 1. The molecule has 1 aromatic carbocycles. The number of amides is 2. The fourth-order valence-corrected chi connectivity index (χ4v) is 3.81. The molecule has 0 saturated heterocycles. The molecule has 2 amide bonds. The van der Waals surface area contributed by atoms with Crippen LogP contribution in [0.25, 0.3) is 11.1 Å². The Balaban J connectivity index is 0.000000493. The lowest BCUT2D eigenvalue weighted by molar-refractivity contribution is 0.0600. The first-order chi connectivity index (χ1) is 16.9. The van der Waals surface area contributed by atoms with Crippen molar-refractivity contribution in [3.63, 3.8) is 0 Å². The third kappa shape index (κ3) is 10.5. The quantitative estimate of drug-likeness (QED) is 0.415. The number of methoxy groups -OCH3 is 1. The van der Waals surface area contributed by atoms with Crippen molar-refractivity contribution in [1.29, 1.82) is 0 Å². The summed E-state index contributed by atoms with van der Waals surface area (Å²) in [4.78, 5) is 25.6. The van der Waals surface area contributed by atoms with Crippen LogP contribution in [0.1, 0.15) is 72.3 Å². The van der Waals surface area contributed by atoms with Crippen molar-refractivity contribution >= 4 is 18.0 Å². The van der Waals surface area contributed by atoms with E-state index >= 15 is 0 Å². The van der Waals surface area contributed by atoms with Crippen LogP contribution in [0.3, 0.4) is 0 Å². The first-order valence-electron chi connectivity index (χ1n) is 12.4. The number of ether oxygens (including phenoxy) is 3. The molecular weight excluding hydrogens is 458 g/mol. The lowest BCUT2D eigenvalue weighted by atomic mass is 9.99. The Labute approximate surface area is 214 Å². The molecule has 2 aromatic rings. The van der Waals surface area contributed by atoms with E-state index in [1.54, 1.807) is 27.0 Å². The van der Waals surface area contributed by atoms with E-state index in [0.717, 1.165) is 23.5 Å². The van der Waals surface area contributed by atoms with Gasteiger partial charge < -0.3 is 19.9 Å². The Bertz CT molecular complexity index is 1010. The van der Waals surface area contributed by atoms with Crippen LogP contribution in [-0.4, -0.2) is 36.5 Å². The second-order valence-electron chi connectivity index (χ2n) is 10.7. The van der Waals surface area contributed by atoms with Crippen LogP contribution in [0.4, 0.5) is 15.4 Å². The average molecular weight is 500 g/mol. The van der Waals surface area contributed by atoms with Gasteiger partial charge in [0.25, 0.3) is 0 Å². The number of anilines is 1. The van der Waals surface area contributed by atoms with Gasteiger partial charge >= 0.3 is 12.2 Å². The molecule has 1 aromatic heterocycles. The molecule has 1 atom stereocenters. The Morgan fingerprint density at radius 2 is 1.78 bits per heavy atom. The molecule has 3 N–H and O–H groups in total. The predicted molar refractivity (Wildman–Crippen MR) is 142 cm³/mol. The molecule has 8 heteroatoms. The number of hydrogen-bond donors (Lipinski definition) is 2. The van der Waals surface area contributed by atoms with Crippen LogP contribution in [-0.2, 0) is 9.47 Å². The van der Waals surface area contributed by atoms with Gasteiger partial charge in [0.2, 0.25) is 0 Å². The zero-order valence-electron chi connectivity index (χ0n) is 22.6. The zero-order chi connectivity index (χ0) is 26.9. The summed E-state index contributed by atoms with van der Waals surface area (Å²) in [6, 6.07) is 10.2. The molecule has 1 fully saturated rings. The number of carbonyl (C=O) groups excluding carboxylic acids is 2. The molecule has 0 spiro atoms. The molecule has 1 aliphatic rings. The molecule has 0 bridgehead atoms. The van der Waals surface area contributed by atoms with Crippen molar-refractivity contribution in [3.05, 3.63) is 42.1 Å². The van der Waals surface area contributed by atoms with Gasteiger partial charge in [-0.15, -0.1) is 0 Å². The Hall–Kier alpha value is -3.29.